The van der Waals surface area contributed by atoms with E-state index < -0.39 is 6.09 Å². The molecule has 1 amide bonds. The van der Waals surface area contributed by atoms with Gasteiger partial charge in [-0.1, -0.05) is 12.8 Å². The van der Waals surface area contributed by atoms with E-state index in [1.54, 1.807) is 0 Å². The molecule has 0 saturated heterocycles. The van der Waals surface area contributed by atoms with Gasteiger partial charge in [0.15, 0.2) is 0 Å². The molecule has 0 aromatic carbocycles. The molecular formula is C13H22N2O2. The molecule has 1 fully saturated rings. The van der Waals surface area contributed by atoms with E-state index >= 15 is 0 Å². The highest BCUT2D eigenvalue weighted by atomic mass is 16.4. The Balaban J connectivity index is 2.35. The van der Waals surface area contributed by atoms with Crippen molar-refractivity contribution in [1.29, 1.82) is 5.26 Å². The van der Waals surface area contributed by atoms with Gasteiger partial charge in [-0.3, -0.25) is 0 Å². The first-order valence-corrected chi connectivity index (χ1v) is 6.31. The van der Waals surface area contributed by atoms with Crippen LogP contribution in [0.2, 0.25) is 0 Å². The van der Waals surface area contributed by atoms with E-state index in [1.165, 1.54) is 0 Å². The summed E-state index contributed by atoms with van der Waals surface area (Å²) >= 11 is 0. The highest BCUT2D eigenvalue weighted by molar-refractivity contribution is 5.65. The molecule has 2 N–H and O–H groups in total. The highest BCUT2D eigenvalue weighted by Crippen LogP contribution is 2.34. The zero-order valence-electron chi connectivity index (χ0n) is 10.7. The molecule has 0 aromatic rings. The Morgan fingerprint density at radius 2 is 1.88 bits per heavy atom. The first kappa shape index (κ1) is 13.8. The molecule has 4 heteroatoms. The summed E-state index contributed by atoms with van der Waals surface area (Å²) in [6.07, 6.45) is 5.08. The summed E-state index contributed by atoms with van der Waals surface area (Å²) in [5.74, 6) is 1.15. The van der Waals surface area contributed by atoms with Crippen LogP contribution < -0.4 is 5.32 Å². The fourth-order valence-corrected chi connectivity index (χ4v) is 2.83. The maximum absolute atomic E-state index is 10.6. The van der Waals surface area contributed by atoms with Crippen molar-refractivity contribution >= 4 is 6.09 Å². The summed E-state index contributed by atoms with van der Waals surface area (Å²) in [6.45, 7) is 3.87. The van der Waals surface area contributed by atoms with Crippen molar-refractivity contribution in [3.8, 4) is 6.07 Å². The third kappa shape index (κ3) is 5.08. The number of carbonyl (C=O) groups is 1. The van der Waals surface area contributed by atoms with Gasteiger partial charge in [0.05, 0.1) is 6.07 Å². The van der Waals surface area contributed by atoms with Crippen molar-refractivity contribution < 1.29 is 9.90 Å². The topological polar surface area (TPSA) is 73.1 Å². The van der Waals surface area contributed by atoms with Gasteiger partial charge in [0.2, 0.25) is 0 Å². The molecule has 0 aromatic heterocycles. The van der Waals surface area contributed by atoms with Crippen LogP contribution in [0.4, 0.5) is 4.79 Å². The number of nitrogens with zero attached hydrogens (tertiary/aromatic N) is 1. The monoisotopic (exact) mass is 238 g/mol. The normalized spacial score (nSPS) is 25.0. The van der Waals surface area contributed by atoms with Crippen LogP contribution in [0.1, 0.15) is 52.4 Å². The van der Waals surface area contributed by atoms with Crippen LogP contribution in [0.3, 0.4) is 0 Å². The number of carboxylic acid groups (broad SMARTS) is 1. The molecule has 0 spiro atoms. The van der Waals surface area contributed by atoms with E-state index in [1.807, 2.05) is 13.8 Å². The van der Waals surface area contributed by atoms with Crippen molar-refractivity contribution in [2.45, 2.75) is 57.9 Å². The van der Waals surface area contributed by atoms with Gasteiger partial charge in [0.25, 0.3) is 0 Å². The molecule has 0 radical (unpaired) electrons. The van der Waals surface area contributed by atoms with Crippen LogP contribution in [-0.2, 0) is 0 Å². The number of nitrogens with one attached hydrogen (secondary N) is 1. The number of amides is 1. The van der Waals surface area contributed by atoms with Gasteiger partial charge in [-0.05, 0) is 44.9 Å². The lowest BCUT2D eigenvalue weighted by molar-refractivity contribution is 0.168. The predicted molar refractivity (Wildman–Crippen MR) is 65.5 cm³/mol. The average Bonchev–Trinajstić information content (AvgIpc) is 2.18. The van der Waals surface area contributed by atoms with Crippen LogP contribution in [0.25, 0.3) is 0 Å². The van der Waals surface area contributed by atoms with Gasteiger partial charge >= 0.3 is 6.09 Å². The Bertz CT molecular complexity index is 299. The Hall–Kier alpha value is -1.24. The van der Waals surface area contributed by atoms with Gasteiger partial charge in [-0.25, -0.2) is 4.79 Å². The zero-order chi connectivity index (χ0) is 12.9. The fraction of sp³-hybridized carbons (Fsp3) is 0.846. The van der Waals surface area contributed by atoms with E-state index in [4.69, 9.17) is 10.4 Å². The molecule has 0 aliphatic heterocycles. The van der Waals surface area contributed by atoms with Crippen LogP contribution in [0.15, 0.2) is 0 Å². The molecule has 0 heterocycles. The lowest BCUT2D eigenvalue weighted by Crippen LogP contribution is -2.44. The van der Waals surface area contributed by atoms with E-state index in [0.717, 1.165) is 32.1 Å². The molecule has 0 bridgehead atoms. The molecule has 0 atom stereocenters. The fourth-order valence-electron chi connectivity index (χ4n) is 2.83. The average molecular weight is 238 g/mol. The molecule has 1 rings (SSSR count). The second kappa shape index (κ2) is 5.90. The van der Waals surface area contributed by atoms with Crippen molar-refractivity contribution in [2.24, 2.45) is 11.8 Å². The van der Waals surface area contributed by atoms with Crippen LogP contribution in [-0.4, -0.2) is 16.7 Å². The Kier molecular flexibility index (Phi) is 4.80. The maximum atomic E-state index is 10.6. The highest BCUT2D eigenvalue weighted by Gasteiger charge is 2.28. The van der Waals surface area contributed by atoms with Crippen molar-refractivity contribution in [2.75, 3.05) is 0 Å². The summed E-state index contributed by atoms with van der Waals surface area (Å²) in [4.78, 5) is 10.6. The Morgan fingerprint density at radius 3 is 2.35 bits per heavy atom. The Morgan fingerprint density at radius 1 is 1.35 bits per heavy atom. The minimum absolute atomic E-state index is 0.349. The van der Waals surface area contributed by atoms with Crippen molar-refractivity contribution in [3.63, 3.8) is 0 Å². The number of rotatable bonds is 4. The summed E-state index contributed by atoms with van der Waals surface area (Å²) in [5, 5.41) is 20.0. The summed E-state index contributed by atoms with van der Waals surface area (Å²) < 4.78 is 0. The molecule has 1 aliphatic rings. The van der Waals surface area contributed by atoms with Gasteiger partial charge < -0.3 is 10.4 Å². The predicted octanol–water partition coefficient (Wildman–Crippen LogP) is 3.14. The van der Waals surface area contributed by atoms with E-state index in [-0.39, 0.29) is 5.54 Å². The van der Waals surface area contributed by atoms with Crippen molar-refractivity contribution in [1.82, 2.24) is 5.32 Å². The van der Waals surface area contributed by atoms with Gasteiger partial charge in [-0.2, -0.15) is 5.26 Å². The van der Waals surface area contributed by atoms with Crippen molar-refractivity contribution in [3.05, 3.63) is 0 Å². The van der Waals surface area contributed by atoms with Gasteiger partial charge in [0, 0.05) is 12.0 Å². The number of hydrogen-bond acceptors (Lipinski definition) is 2. The van der Waals surface area contributed by atoms with E-state index in [0.29, 0.717) is 18.3 Å². The quantitative estimate of drug-likeness (QED) is 0.790. The lowest BCUT2D eigenvalue weighted by atomic mass is 9.76. The molecule has 1 aliphatic carbocycles. The SMILES string of the molecule is CC(C)(CC1CCC(CC#N)CC1)NC(=O)O. The second-order valence-corrected chi connectivity index (χ2v) is 5.77. The van der Waals surface area contributed by atoms with E-state index in [9.17, 15) is 4.79 Å². The first-order chi connectivity index (χ1) is 7.93. The number of hydrogen-bond donors (Lipinski definition) is 2. The van der Waals surface area contributed by atoms with Gasteiger partial charge in [0.1, 0.15) is 0 Å². The molecule has 96 valence electrons. The second-order valence-electron chi connectivity index (χ2n) is 5.77. The van der Waals surface area contributed by atoms with Crippen LogP contribution in [0, 0.1) is 23.2 Å². The Labute approximate surface area is 103 Å². The van der Waals surface area contributed by atoms with Crippen LogP contribution in [0.5, 0.6) is 0 Å². The molecule has 4 nitrogen and oxygen atoms in total. The van der Waals surface area contributed by atoms with E-state index in [2.05, 4.69) is 11.4 Å². The zero-order valence-corrected chi connectivity index (χ0v) is 10.7. The molecule has 17 heavy (non-hydrogen) atoms. The lowest BCUT2D eigenvalue weighted by Gasteiger charge is -2.33. The standard InChI is InChI=1S/C13H22N2O2/c1-13(2,15-12(16)17)9-11-5-3-10(4-6-11)7-8-14/h10-11,15H,3-7,9H2,1-2H3,(H,16,17). The molecule has 0 unspecified atom stereocenters. The third-order valence-electron chi connectivity index (χ3n) is 3.59. The van der Waals surface area contributed by atoms with Gasteiger partial charge in [-0.15, -0.1) is 0 Å². The van der Waals surface area contributed by atoms with Crippen LogP contribution >= 0.6 is 0 Å². The molecular weight excluding hydrogens is 216 g/mol. The molecule has 1 saturated carbocycles. The third-order valence-corrected chi connectivity index (χ3v) is 3.59. The largest absolute Gasteiger partial charge is 0.465 e. The first-order valence-electron chi connectivity index (χ1n) is 6.31. The maximum Gasteiger partial charge on any atom is 0.405 e. The summed E-state index contributed by atoms with van der Waals surface area (Å²) in [6, 6.07) is 2.24. The smallest absolute Gasteiger partial charge is 0.405 e. The minimum atomic E-state index is -0.951. The minimum Gasteiger partial charge on any atom is -0.465 e. The summed E-state index contributed by atoms with van der Waals surface area (Å²) in [7, 11) is 0. The summed E-state index contributed by atoms with van der Waals surface area (Å²) in [5.41, 5.74) is -0.349. The number of nitriles is 1.